The van der Waals surface area contributed by atoms with Gasteiger partial charge in [-0.15, -0.1) is 0 Å². The van der Waals surface area contributed by atoms with Crippen LogP contribution in [0, 0.1) is 17.2 Å². The first-order valence-corrected chi connectivity index (χ1v) is 6.82. The van der Waals surface area contributed by atoms with Gasteiger partial charge >= 0.3 is 0 Å². The van der Waals surface area contributed by atoms with E-state index in [1.165, 1.54) is 0 Å². The molecule has 1 aliphatic rings. The molecule has 0 saturated carbocycles. The number of amides is 1. The van der Waals surface area contributed by atoms with Gasteiger partial charge in [0.1, 0.15) is 0 Å². The van der Waals surface area contributed by atoms with E-state index in [-0.39, 0.29) is 11.8 Å². The van der Waals surface area contributed by atoms with Gasteiger partial charge in [-0.1, -0.05) is 11.6 Å². The van der Waals surface area contributed by atoms with E-state index in [0.29, 0.717) is 16.3 Å². The summed E-state index contributed by atoms with van der Waals surface area (Å²) in [6.07, 6.45) is 0.909. The van der Waals surface area contributed by atoms with Crippen molar-refractivity contribution in [2.45, 2.75) is 6.42 Å². The molecule has 1 aromatic carbocycles. The van der Waals surface area contributed by atoms with Crippen LogP contribution in [0.4, 0.5) is 5.69 Å². The number of rotatable bonds is 2. The van der Waals surface area contributed by atoms with Crippen molar-refractivity contribution in [3.05, 3.63) is 28.8 Å². The highest BCUT2D eigenvalue weighted by Gasteiger charge is 2.23. The average molecular weight is 267 g/mol. The number of carbonyl (C=O) groups excluding carboxylic acids is 1. The summed E-state index contributed by atoms with van der Waals surface area (Å²) in [7, 11) is 0. The number of halogens is 1. The predicted molar refractivity (Wildman–Crippen MR) is 70.2 cm³/mol. The Kier molecular flexibility index (Phi) is 3.93. The normalized spacial score (nSPS) is 18.7. The van der Waals surface area contributed by atoms with E-state index in [4.69, 9.17) is 16.9 Å². The zero-order valence-corrected chi connectivity index (χ0v) is 10.6. The third-order valence-corrected chi connectivity index (χ3v) is 4.15. The van der Waals surface area contributed by atoms with Gasteiger partial charge in [0.15, 0.2) is 0 Å². The first kappa shape index (κ1) is 12.3. The molecule has 0 aliphatic carbocycles. The van der Waals surface area contributed by atoms with Crippen molar-refractivity contribution in [1.82, 2.24) is 0 Å². The van der Waals surface area contributed by atoms with Crippen LogP contribution in [0.15, 0.2) is 18.2 Å². The quantitative estimate of drug-likeness (QED) is 0.895. The van der Waals surface area contributed by atoms with Gasteiger partial charge < -0.3 is 5.32 Å². The van der Waals surface area contributed by atoms with Crippen LogP contribution in [0.5, 0.6) is 0 Å². The van der Waals surface area contributed by atoms with Crippen molar-refractivity contribution in [3.63, 3.8) is 0 Å². The van der Waals surface area contributed by atoms with Gasteiger partial charge in [0.25, 0.3) is 0 Å². The van der Waals surface area contributed by atoms with Gasteiger partial charge in [-0.2, -0.15) is 17.0 Å². The number of hydrogen-bond acceptors (Lipinski definition) is 3. The number of hydrogen-bond donors (Lipinski definition) is 1. The summed E-state index contributed by atoms with van der Waals surface area (Å²) in [5, 5.41) is 12.0. The Balaban J connectivity index is 2.12. The zero-order chi connectivity index (χ0) is 12.3. The third kappa shape index (κ3) is 2.93. The van der Waals surface area contributed by atoms with Crippen LogP contribution in [0.3, 0.4) is 0 Å². The molecular formula is C12H11ClN2OS. The van der Waals surface area contributed by atoms with Crippen LogP contribution in [-0.2, 0) is 4.79 Å². The molecule has 1 unspecified atom stereocenters. The molecule has 0 spiro atoms. The van der Waals surface area contributed by atoms with E-state index in [1.807, 2.05) is 6.07 Å². The molecule has 0 radical (unpaired) electrons. The van der Waals surface area contributed by atoms with Gasteiger partial charge in [0.2, 0.25) is 5.91 Å². The summed E-state index contributed by atoms with van der Waals surface area (Å²) in [5.74, 6) is 1.94. The fourth-order valence-electron chi connectivity index (χ4n) is 1.67. The molecule has 1 aliphatic heterocycles. The summed E-state index contributed by atoms with van der Waals surface area (Å²) in [6.45, 7) is 0. The Bertz CT molecular complexity index is 478. The molecule has 1 saturated heterocycles. The Labute approximate surface area is 109 Å². The smallest absolute Gasteiger partial charge is 0.228 e. The van der Waals surface area contributed by atoms with E-state index >= 15 is 0 Å². The Hall–Kier alpha value is -1.18. The van der Waals surface area contributed by atoms with E-state index in [2.05, 4.69) is 5.32 Å². The number of benzene rings is 1. The Morgan fingerprint density at radius 3 is 3.06 bits per heavy atom. The van der Waals surface area contributed by atoms with Gasteiger partial charge in [0, 0.05) is 11.7 Å². The van der Waals surface area contributed by atoms with Crippen LogP contribution in [0.2, 0.25) is 5.02 Å². The second-order valence-electron chi connectivity index (χ2n) is 3.86. The number of nitriles is 1. The summed E-state index contributed by atoms with van der Waals surface area (Å²) in [6, 6.07) is 6.88. The topological polar surface area (TPSA) is 52.9 Å². The SMILES string of the molecule is N#Cc1ccc(Cl)c(NC(=O)C2CCSC2)c1. The average Bonchev–Trinajstić information content (AvgIpc) is 2.85. The highest BCUT2D eigenvalue weighted by molar-refractivity contribution is 7.99. The minimum absolute atomic E-state index is 0.00742. The number of thioether (sulfide) groups is 1. The monoisotopic (exact) mass is 266 g/mol. The number of nitrogens with zero attached hydrogens (tertiary/aromatic N) is 1. The molecule has 3 nitrogen and oxygen atoms in total. The molecule has 1 amide bonds. The summed E-state index contributed by atoms with van der Waals surface area (Å²) >= 11 is 7.76. The van der Waals surface area contributed by atoms with Crippen molar-refractivity contribution in [2.75, 3.05) is 16.8 Å². The van der Waals surface area contributed by atoms with E-state index < -0.39 is 0 Å². The minimum atomic E-state index is -0.00742. The number of carbonyl (C=O) groups is 1. The van der Waals surface area contributed by atoms with Gasteiger partial charge in [0.05, 0.1) is 22.3 Å². The van der Waals surface area contributed by atoms with Crippen LogP contribution in [0.25, 0.3) is 0 Å². The number of nitrogens with one attached hydrogen (secondary N) is 1. The molecule has 88 valence electrons. The maximum Gasteiger partial charge on any atom is 0.228 e. The molecule has 1 heterocycles. The fraction of sp³-hybridized carbons (Fsp3) is 0.333. The highest BCUT2D eigenvalue weighted by atomic mass is 35.5. The lowest BCUT2D eigenvalue weighted by Crippen LogP contribution is -2.22. The van der Waals surface area contributed by atoms with Crippen LogP contribution in [-0.4, -0.2) is 17.4 Å². The van der Waals surface area contributed by atoms with Crippen molar-refractivity contribution < 1.29 is 4.79 Å². The molecular weight excluding hydrogens is 256 g/mol. The third-order valence-electron chi connectivity index (χ3n) is 2.65. The highest BCUT2D eigenvalue weighted by Crippen LogP contribution is 2.27. The standard InChI is InChI=1S/C12H11ClN2OS/c13-10-2-1-8(6-14)5-11(10)15-12(16)9-3-4-17-7-9/h1-2,5,9H,3-4,7H2,(H,15,16). The van der Waals surface area contributed by atoms with E-state index in [0.717, 1.165) is 17.9 Å². The van der Waals surface area contributed by atoms with Gasteiger partial charge in [-0.05, 0) is 30.4 Å². The fourth-order valence-corrected chi connectivity index (χ4v) is 3.05. The van der Waals surface area contributed by atoms with Crippen LogP contribution in [0.1, 0.15) is 12.0 Å². The lowest BCUT2D eigenvalue weighted by Gasteiger charge is -2.11. The predicted octanol–water partition coefficient (Wildman–Crippen LogP) is 2.90. The van der Waals surface area contributed by atoms with E-state index in [9.17, 15) is 4.79 Å². The Morgan fingerprint density at radius 2 is 2.41 bits per heavy atom. The second kappa shape index (κ2) is 5.44. The van der Waals surface area contributed by atoms with Crippen molar-refractivity contribution in [3.8, 4) is 6.07 Å². The molecule has 1 fully saturated rings. The maximum absolute atomic E-state index is 11.9. The van der Waals surface area contributed by atoms with Crippen molar-refractivity contribution in [1.29, 1.82) is 5.26 Å². The summed E-state index contributed by atoms with van der Waals surface area (Å²) in [4.78, 5) is 11.9. The lowest BCUT2D eigenvalue weighted by atomic mass is 10.1. The van der Waals surface area contributed by atoms with Crippen molar-refractivity contribution in [2.24, 2.45) is 5.92 Å². The molecule has 2 rings (SSSR count). The molecule has 5 heteroatoms. The second-order valence-corrected chi connectivity index (χ2v) is 5.41. The lowest BCUT2D eigenvalue weighted by molar-refractivity contribution is -0.119. The van der Waals surface area contributed by atoms with Gasteiger partial charge in [-0.3, -0.25) is 4.79 Å². The Morgan fingerprint density at radius 1 is 1.59 bits per heavy atom. The molecule has 1 N–H and O–H groups in total. The number of anilines is 1. The molecule has 1 atom stereocenters. The zero-order valence-electron chi connectivity index (χ0n) is 9.07. The molecule has 0 bridgehead atoms. The van der Waals surface area contributed by atoms with E-state index in [1.54, 1.807) is 30.0 Å². The molecule has 0 aromatic heterocycles. The molecule has 1 aromatic rings. The summed E-state index contributed by atoms with van der Waals surface area (Å²) in [5.41, 5.74) is 1.01. The first-order valence-electron chi connectivity index (χ1n) is 5.29. The molecule has 17 heavy (non-hydrogen) atoms. The van der Waals surface area contributed by atoms with Crippen LogP contribution >= 0.6 is 23.4 Å². The first-order chi connectivity index (χ1) is 8.20. The summed E-state index contributed by atoms with van der Waals surface area (Å²) < 4.78 is 0. The minimum Gasteiger partial charge on any atom is -0.324 e. The van der Waals surface area contributed by atoms with Gasteiger partial charge in [-0.25, -0.2) is 0 Å². The van der Waals surface area contributed by atoms with Crippen LogP contribution < -0.4 is 5.32 Å². The maximum atomic E-state index is 11.9. The van der Waals surface area contributed by atoms with Crippen molar-refractivity contribution >= 4 is 35.0 Å². The largest absolute Gasteiger partial charge is 0.324 e.